The lowest BCUT2D eigenvalue weighted by Gasteiger charge is -2.26. The van der Waals surface area contributed by atoms with E-state index in [2.05, 4.69) is 228 Å². The largest absolute Gasteiger partial charge is 0.309 e. The summed E-state index contributed by atoms with van der Waals surface area (Å²) in [5, 5.41) is 11.6. The highest BCUT2D eigenvalue weighted by Crippen LogP contribution is 2.48. The molecule has 3 heterocycles. The molecule has 13 rings (SSSR count). The maximum absolute atomic E-state index is 2.48. The van der Waals surface area contributed by atoms with E-state index in [1.54, 1.807) is 0 Å². The second-order valence-electron chi connectivity index (χ2n) is 16.1. The normalized spacial score (nSPS) is 11.9. The fourth-order valence-electron chi connectivity index (χ4n) is 9.67. The number of hydrogen-bond donors (Lipinski definition) is 0. The van der Waals surface area contributed by atoms with Crippen LogP contribution in [0.2, 0.25) is 0 Å². The van der Waals surface area contributed by atoms with E-state index in [1.165, 1.54) is 107 Å². The van der Waals surface area contributed by atoms with Crippen LogP contribution in [-0.4, -0.2) is 4.57 Å². The van der Waals surface area contributed by atoms with Gasteiger partial charge in [0.2, 0.25) is 0 Å². The molecule has 0 aliphatic carbocycles. The Morgan fingerprint density at radius 1 is 0.371 bits per heavy atom. The van der Waals surface area contributed by atoms with Gasteiger partial charge >= 0.3 is 0 Å². The van der Waals surface area contributed by atoms with Crippen LogP contribution in [0.1, 0.15) is 0 Å². The number of para-hydroxylation sites is 2. The third kappa shape index (κ3) is 5.47. The number of rotatable bonds is 6. The number of benzene rings is 10. The van der Waals surface area contributed by atoms with Crippen LogP contribution >= 0.6 is 22.7 Å². The van der Waals surface area contributed by atoms with Crippen molar-refractivity contribution in [2.24, 2.45) is 0 Å². The molecule has 290 valence electrons. The van der Waals surface area contributed by atoms with Gasteiger partial charge in [-0.3, -0.25) is 0 Å². The van der Waals surface area contributed by atoms with Gasteiger partial charge in [-0.25, -0.2) is 0 Å². The predicted octanol–water partition coefficient (Wildman–Crippen LogP) is 17.5. The Labute approximate surface area is 366 Å². The first-order valence-electron chi connectivity index (χ1n) is 21.1. The average Bonchev–Trinajstić information content (AvgIpc) is 4.02. The Hall–Kier alpha value is -7.50. The van der Waals surface area contributed by atoms with E-state index in [0.29, 0.717) is 0 Å². The lowest BCUT2D eigenvalue weighted by Crippen LogP contribution is -2.10. The number of fused-ring (bicyclic) bond motifs is 11. The van der Waals surface area contributed by atoms with Crippen molar-refractivity contribution in [3.8, 4) is 27.9 Å². The summed E-state index contributed by atoms with van der Waals surface area (Å²) < 4.78 is 6.40. The molecule has 13 aromatic rings. The Morgan fingerprint density at radius 2 is 0.984 bits per heavy atom. The van der Waals surface area contributed by atoms with Crippen LogP contribution in [0.5, 0.6) is 0 Å². The SMILES string of the molecule is c1ccc(-n2c3sc4ccccc4c3c3cccc(-c4ccc(N(c5ccc(-c6ccc7ccccc7c6)cc5)c5cccc6c5sc5c7ccccc7ccc65)cc4)c32)cc1. The molecule has 0 amide bonds. The third-order valence-electron chi connectivity index (χ3n) is 12.6. The molecule has 3 aromatic heterocycles. The first-order chi connectivity index (χ1) is 30.7. The molecule has 0 radical (unpaired) electrons. The van der Waals surface area contributed by atoms with Gasteiger partial charge in [-0.05, 0) is 92.8 Å². The topological polar surface area (TPSA) is 8.17 Å². The number of thiophene rings is 2. The number of nitrogens with zero attached hydrogens (tertiary/aromatic N) is 2. The molecule has 0 N–H and O–H groups in total. The van der Waals surface area contributed by atoms with Gasteiger partial charge in [0.15, 0.2) is 0 Å². The first-order valence-corrected chi connectivity index (χ1v) is 22.7. The Balaban J connectivity index is 0.989. The van der Waals surface area contributed by atoms with Crippen molar-refractivity contribution in [1.29, 1.82) is 0 Å². The number of hydrogen-bond acceptors (Lipinski definition) is 3. The zero-order chi connectivity index (χ0) is 40.7. The van der Waals surface area contributed by atoms with Crippen LogP contribution < -0.4 is 4.90 Å². The summed E-state index contributed by atoms with van der Waals surface area (Å²) in [6, 6.07) is 80.2. The lowest BCUT2D eigenvalue weighted by atomic mass is 10.00. The molecule has 62 heavy (non-hydrogen) atoms. The maximum Gasteiger partial charge on any atom is 0.109 e. The van der Waals surface area contributed by atoms with E-state index in [4.69, 9.17) is 0 Å². The van der Waals surface area contributed by atoms with Gasteiger partial charge in [0.25, 0.3) is 0 Å². The van der Waals surface area contributed by atoms with Gasteiger partial charge in [-0.2, -0.15) is 0 Å². The first kappa shape index (κ1) is 35.3. The molecule has 10 aromatic carbocycles. The predicted molar refractivity (Wildman–Crippen MR) is 270 cm³/mol. The number of aromatic nitrogens is 1. The Kier molecular flexibility index (Phi) is 7.99. The molecule has 0 bridgehead atoms. The molecule has 4 heteroatoms. The van der Waals surface area contributed by atoms with Gasteiger partial charge in [-0.15, -0.1) is 22.7 Å². The van der Waals surface area contributed by atoms with Gasteiger partial charge in [0, 0.05) is 59.0 Å². The molecule has 2 nitrogen and oxygen atoms in total. The van der Waals surface area contributed by atoms with Gasteiger partial charge in [0.1, 0.15) is 4.83 Å². The second-order valence-corrected chi connectivity index (χ2v) is 18.1. The van der Waals surface area contributed by atoms with Crippen molar-refractivity contribution in [2.45, 2.75) is 0 Å². The van der Waals surface area contributed by atoms with E-state index in [9.17, 15) is 0 Å². The molecular formula is C58H36N2S2. The van der Waals surface area contributed by atoms with Crippen LogP contribution in [-0.2, 0) is 0 Å². The van der Waals surface area contributed by atoms with Gasteiger partial charge in [-0.1, -0.05) is 164 Å². The van der Waals surface area contributed by atoms with Crippen LogP contribution in [0.4, 0.5) is 17.1 Å². The van der Waals surface area contributed by atoms with Crippen LogP contribution in [0.3, 0.4) is 0 Å². The second kappa shape index (κ2) is 14.0. The summed E-state index contributed by atoms with van der Waals surface area (Å²) in [5.74, 6) is 0. The molecule has 0 saturated heterocycles. The average molecular weight is 825 g/mol. The van der Waals surface area contributed by atoms with Crippen molar-refractivity contribution in [3.63, 3.8) is 0 Å². The molecule has 0 spiro atoms. The van der Waals surface area contributed by atoms with E-state index >= 15 is 0 Å². The monoisotopic (exact) mass is 824 g/mol. The quantitative estimate of drug-likeness (QED) is 0.162. The minimum absolute atomic E-state index is 1.11. The number of anilines is 3. The highest BCUT2D eigenvalue weighted by atomic mass is 32.1. The van der Waals surface area contributed by atoms with Crippen LogP contribution in [0.15, 0.2) is 218 Å². The van der Waals surface area contributed by atoms with Crippen LogP contribution in [0.25, 0.3) is 101 Å². The maximum atomic E-state index is 2.48. The van der Waals surface area contributed by atoms with Crippen molar-refractivity contribution >= 4 is 113 Å². The smallest absolute Gasteiger partial charge is 0.109 e. The standard InChI is InChI=1S/C58H36N2S2/c1-2-15-43(16-3-1)60-55-46(19-10-21-51(55)54-50-18-8-9-23-53(50)61-58(54)60)40-28-33-45(34-29-40)59(44-31-26-38(27-32-44)42-25-24-37-12-4-5-14-41(37)36-42)52-22-11-20-48-49-35-30-39-13-6-7-17-47(39)56(49)62-57(48)52/h1-36H. The van der Waals surface area contributed by atoms with Crippen molar-refractivity contribution in [2.75, 3.05) is 4.90 Å². The zero-order valence-corrected chi connectivity index (χ0v) is 35.1. The van der Waals surface area contributed by atoms with Crippen molar-refractivity contribution in [1.82, 2.24) is 4.57 Å². The molecule has 0 saturated carbocycles. The minimum Gasteiger partial charge on any atom is -0.309 e. The minimum atomic E-state index is 1.11. The van der Waals surface area contributed by atoms with E-state index in [1.807, 2.05) is 22.7 Å². The molecule has 0 aliphatic heterocycles. The van der Waals surface area contributed by atoms with E-state index < -0.39 is 0 Å². The van der Waals surface area contributed by atoms with Gasteiger partial charge < -0.3 is 9.47 Å². The Bertz CT molecular complexity index is 3850. The molecule has 0 atom stereocenters. The van der Waals surface area contributed by atoms with E-state index in [-0.39, 0.29) is 0 Å². The fraction of sp³-hybridized carbons (Fsp3) is 0. The Morgan fingerprint density at radius 3 is 1.81 bits per heavy atom. The summed E-state index contributed by atoms with van der Waals surface area (Å²) >= 11 is 3.77. The molecular weight excluding hydrogens is 789 g/mol. The molecule has 0 unspecified atom stereocenters. The highest BCUT2D eigenvalue weighted by molar-refractivity contribution is 7.27. The summed E-state index contributed by atoms with van der Waals surface area (Å²) in [6.45, 7) is 0. The molecule has 0 aliphatic rings. The van der Waals surface area contributed by atoms with Crippen LogP contribution in [0, 0.1) is 0 Å². The fourth-order valence-corrected chi connectivity index (χ4v) is 12.3. The summed E-state index contributed by atoms with van der Waals surface area (Å²) in [4.78, 5) is 3.72. The van der Waals surface area contributed by atoms with Crippen molar-refractivity contribution in [3.05, 3.63) is 218 Å². The van der Waals surface area contributed by atoms with Crippen molar-refractivity contribution < 1.29 is 0 Å². The lowest BCUT2D eigenvalue weighted by molar-refractivity contribution is 1.19. The summed E-state index contributed by atoms with van der Waals surface area (Å²) in [7, 11) is 0. The summed E-state index contributed by atoms with van der Waals surface area (Å²) in [5.41, 5.74) is 10.6. The van der Waals surface area contributed by atoms with E-state index in [0.717, 1.165) is 11.4 Å². The van der Waals surface area contributed by atoms with Gasteiger partial charge in [0.05, 0.1) is 15.9 Å². The zero-order valence-electron chi connectivity index (χ0n) is 33.5. The summed E-state index contributed by atoms with van der Waals surface area (Å²) in [6.07, 6.45) is 0. The third-order valence-corrected chi connectivity index (χ3v) is 15.0. The highest BCUT2D eigenvalue weighted by Gasteiger charge is 2.22. The molecule has 0 fully saturated rings.